The smallest absolute Gasteiger partial charge is 0.410 e. The number of carbonyl (C=O) groups excluding carboxylic acids is 2. The minimum Gasteiger partial charge on any atom is -0.477 e. The van der Waals surface area contributed by atoms with Gasteiger partial charge in [0.05, 0.1) is 17.2 Å². The van der Waals surface area contributed by atoms with Crippen LogP contribution in [-0.4, -0.2) is 73.1 Å². The predicted molar refractivity (Wildman–Crippen MR) is 152 cm³/mol. The Kier molecular flexibility index (Phi) is 6.61. The second-order valence-corrected chi connectivity index (χ2v) is 17.3. The van der Waals surface area contributed by atoms with Crippen LogP contribution in [0.3, 0.4) is 0 Å². The zero-order valence-corrected chi connectivity index (χ0v) is 25.2. The Morgan fingerprint density at radius 1 is 1.10 bits per heavy atom. The zero-order chi connectivity index (χ0) is 28.7. The van der Waals surface area contributed by atoms with Gasteiger partial charge < -0.3 is 19.6 Å². The number of aromatic carboxylic acids is 1. The first-order chi connectivity index (χ1) is 18.7. The van der Waals surface area contributed by atoms with E-state index < -0.39 is 28.0 Å². The van der Waals surface area contributed by atoms with Crippen molar-refractivity contribution in [2.45, 2.75) is 96.1 Å². The van der Waals surface area contributed by atoms with Crippen molar-refractivity contribution in [3.05, 3.63) is 15.8 Å². The molecule has 40 heavy (non-hydrogen) atoms. The summed E-state index contributed by atoms with van der Waals surface area (Å²) in [4.78, 5) is 44.2. The van der Waals surface area contributed by atoms with Gasteiger partial charge in [0.15, 0.2) is 9.84 Å². The number of sulfone groups is 1. The molecule has 2 amide bonds. The summed E-state index contributed by atoms with van der Waals surface area (Å²) in [5.74, 6) is -1.20. The maximum absolute atomic E-state index is 14.3. The lowest BCUT2D eigenvalue weighted by Crippen LogP contribution is -2.42. The SMILES string of the molecule is CC(C)(C)c1cc(N(C(=O)C2CCC3(CC2)CC3)C2CC23CCN(C(=O)OC2CCS(=O)(=O)C2)C3)c(C(=O)O)s1. The molecule has 2 saturated heterocycles. The van der Waals surface area contributed by atoms with Gasteiger partial charge in [-0.25, -0.2) is 18.0 Å². The fraction of sp³-hybridized carbons (Fsp3) is 0.759. The third-order valence-electron chi connectivity index (χ3n) is 10.1. The fourth-order valence-corrected chi connectivity index (χ4v) is 9.76. The van der Waals surface area contributed by atoms with Crippen LogP contribution >= 0.6 is 11.3 Å². The van der Waals surface area contributed by atoms with E-state index in [9.17, 15) is 27.9 Å². The molecule has 2 spiro atoms. The topological polar surface area (TPSA) is 121 Å². The molecule has 3 heterocycles. The van der Waals surface area contributed by atoms with Gasteiger partial charge in [-0.1, -0.05) is 20.8 Å². The summed E-state index contributed by atoms with van der Waals surface area (Å²) < 4.78 is 29.1. The summed E-state index contributed by atoms with van der Waals surface area (Å²) in [6, 6.07) is 1.73. The van der Waals surface area contributed by atoms with E-state index in [1.807, 2.05) is 31.7 Å². The van der Waals surface area contributed by atoms with Gasteiger partial charge in [0.25, 0.3) is 0 Å². The molecule has 6 rings (SSSR count). The Hall–Kier alpha value is -2.14. The van der Waals surface area contributed by atoms with Crippen molar-refractivity contribution in [2.24, 2.45) is 16.7 Å². The minimum absolute atomic E-state index is 0.0234. The molecule has 1 aromatic rings. The van der Waals surface area contributed by atoms with E-state index in [-0.39, 0.29) is 45.1 Å². The lowest BCUT2D eigenvalue weighted by atomic mass is 9.79. The number of anilines is 1. The largest absolute Gasteiger partial charge is 0.477 e. The predicted octanol–water partition coefficient (Wildman–Crippen LogP) is 4.84. The summed E-state index contributed by atoms with van der Waals surface area (Å²) in [6.07, 6.45) is 6.94. The Morgan fingerprint density at radius 2 is 1.80 bits per heavy atom. The first-order valence-corrected chi connectivity index (χ1v) is 17.2. The number of thiophene rings is 1. The maximum atomic E-state index is 14.3. The van der Waals surface area contributed by atoms with Crippen LogP contribution in [0.1, 0.15) is 93.1 Å². The van der Waals surface area contributed by atoms with Crippen LogP contribution in [0.2, 0.25) is 0 Å². The molecule has 0 radical (unpaired) electrons. The van der Waals surface area contributed by atoms with Crippen LogP contribution in [0, 0.1) is 16.7 Å². The molecule has 9 nitrogen and oxygen atoms in total. The second-order valence-electron chi connectivity index (χ2n) is 14.0. The summed E-state index contributed by atoms with van der Waals surface area (Å²) >= 11 is 1.25. The van der Waals surface area contributed by atoms with Crippen LogP contribution in [-0.2, 0) is 24.8 Å². The number of likely N-dealkylation sites (tertiary alicyclic amines) is 1. The average molecular weight is 593 g/mol. The summed E-state index contributed by atoms with van der Waals surface area (Å²) in [7, 11) is -3.16. The average Bonchev–Trinajstić information content (AvgIpc) is 3.54. The van der Waals surface area contributed by atoms with Crippen LogP contribution in [0.25, 0.3) is 0 Å². The molecule has 1 aromatic heterocycles. The molecule has 3 saturated carbocycles. The van der Waals surface area contributed by atoms with Crippen LogP contribution in [0.5, 0.6) is 0 Å². The summed E-state index contributed by atoms with van der Waals surface area (Å²) in [5.41, 5.74) is 0.385. The van der Waals surface area contributed by atoms with Crippen molar-refractivity contribution in [1.29, 1.82) is 0 Å². The van der Waals surface area contributed by atoms with Crippen LogP contribution in [0.15, 0.2) is 6.07 Å². The van der Waals surface area contributed by atoms with Crippen molar-refractivity contribution in [2.75, 3.05) is 29.5 Å². The van der Waals surface area contributed by atoms with Crippen molar-refractivity contribution in [3.63, 3.8) is 0 Å². The van der Waals surface area contributed by atoms with E-state index in [1.165, 1.54) is 24.2 Å². The fourth-order valence-electron chi connectivity index (χ4n) is 7.13. The van der Waals surface area contributed by atoms with Gasteiger partial charge in [-0.3, -0.25) is 4.79 Å². The number of carboxylic acid groups (broad SMARTS) is 1. The minimum atomic E-state index is -3.16. The van der Waals surface area contributed by atoms with Gasteiger partial charge >= 0.3 is 12.1 Å². The number of hydrogen-bond donors (Lipinski definition) is 1. The molecule has 5 aliphatic rings. The molecule has 3 aliphatic carbocycles. The highest BCUT2D eigenvalue weighted by atomic mass is 32.2. The highest BCUT2D eigenvalue weighted by Gasteiger charge is 2.63. The van der Waals surface area contributed by atoms with Crippen LogP contribution < -0.4 is 4.90 Å². The van der Waals surface area contributed by atoms with Gasteiger partial charge in [0.1, 0.15) is 11.0 Å². The molecule has 3 unspecified atom stereocenters. The molecule has 220 valence electrons. The molecule has 0 bridgehead atoms. The van der Waals surface area contributed by atoms with Gasteiger partial charge in [-0.2, -0.15) is 0 Å². The maximum Gasteiger partial charge on any atom is 0.410 e. The van der Waals surface area contributed by atoms with Crippen molar-refractivity contribution >= 4 is 44.8 Å². The first-order valence-electron chi connectivity index (χ1n) is 14.6. The molecule has 5 fully saturated rings. The highest BCUT2D eigenvalue weighted by molar-refractivity contribution is 7.91. The molecule has 3 atom stereocenters. The van der Waals surface area contributed by atoms with Crippen molar-refractivity contribution < 1.29 is 32.6 Å². The van der Waals surface area contributed by atoms with E-state index in [2.05, 4.69) is 0 Å². The van der Waals surface area contributed by atoms with E-state index in [1.54, 1.807) is 4.90 Å². The Labute approximate surface area is 240 Å². The number of carbonyl (C=O) groups is 3. The number of amides is 2. The molecule has 1 N–H and O–H groups in total. The number of carboxylic acids is 1. The van der Waals surface area contributed by atoms with Gasteiger partial charge in [-0.05, 0) is 74.7 Å². The Morgan fingerprint density at radius 3 is 2.38 bits per heavy atom. The lowest BCUT2D eigenvalue weighted by Gasteiger charge is -2.33. The normalized spacial score (nSPS) is 30.5. The van der Waals surface area contributed by atoms with Crippen LogP contribution in [0.4, 0.5) is 10.5 Å². The second kappa shape index (κ2) is 9.44. The summed E-state index contributed by atoms with van der Waals surface area (Å²) in [6.45, 7) is 7.04. The molecule has 0 aromatic carbocycles. The standard InChI is InChI=1S/C29H40N2O7S2/c1-27(2,3)22-14-20(23(39-22)25(33)34)31(24(32)18-4-7-28(8-5-18)9-10-28)21-15-29(21)11-12-30(17-29)26(35)38-19-6-13-40(36,37)16-19/h14,18-19,21H,4-13,15-17H2,1-3H3,(H,33,34). The van der Waals surface area contributed by atoms with Gasteiger partial charge in [-0.15, -0.1) is 11.3 Å². The third kappa shape index (κ3) is 5.16. The number of hydrogen-bond acceptors (Lipinski definition) is 7. The van der Waals surface area contributed by atoms with Crippen molar-refractivity contribution in [3.8, 4) is 0 Å². The van der Waals surface area contributed by atoms with E-state index in [0.717, 1.165) is 30.6 Å². The first kappa shape index (κ1) is 28.0. The quantitative estimate of drug-likeness (QED) is 0.520. The van der Waals surface area contributed by atoms with E-state index >= 15 is 0 Å². The molecule has 11 heteroatoms. The molecule has 2 aliphatic heterocycles. The molecular formula is C29H40N2O7S2. The zero-order valence-electron chi connectivity index (χ0n) is 23.6. The van der Waals surface area contributed by atoms with E-state index in [0.29, 0.717) is 43.5 Å². The number of rotatable bonds is 5. The lowest BCUT2D eigenvalue weighted by molar-refractivity contribution is -0.123. The Balaban J connectivity index is 1.24. The van der Waals surface area contributed by atoms with Gasteiger partial charge in [0, 0.05) is 35.3 Å². The van der Waals surface area contributed by atoms with E-state index in [4.69, 9.17) is 4.74 Å². The van der Waals surface area contributed by atoms with Gasteiger partial charge in [0.2, 0.25) is 5.91 Å². The monoisotopic (exact) mass is 592 g/mol. The van der Waals surface area contributed by atoms with Crippen molar-refractivity contribution in [1.82, 2.24) is 4.90 Å². The third-order valence-corrected chi connectivity index (χ3v) is 13.3. The highest BCUT2D eigenvalue weighted by Crippen LogP contribution is 2.60. The molecular weight excluding hydrogens is 552 g/mol. The number of nitrogens with zero attached hydrogens (tertiary/aromatic N) is 2. The number of ether oxygens (including phenoxy) is 1. The Bertz CT molecular complexity index is 1330. The summed E-state index contributed by atoms with van der Waals surface area (Å²) in [5, 5.41) is 10.2.